The first kappa shape index (κ1) is 15.4. The minimum absolute atomic E-state index is 0.0756. The van der Waals surface area contributed by atoms with Crippen molar-refractivity contribution >= 4 is 27.5 Å². The van der Waals surface area contributed by atoms with Crippen molar-refractivity contribution < 1.29 is 4.74 Å². The van der Waals surface area contributed by atoms with E-state index in [1.54, 1.807) is 7.11 Å². The molecule has 0 saturated carbocycles. The Balaban J connectivity index is 2.16. The quantitative estimate of drug-likeness (QED) is 0.866. The zero-order valence-corrected chi connectivity index (χ0v) is 13.8. The highest BCUT2D eigenvalue weighted by atomic mass is 79.9. The van der Waals surface area contributed by atoms with E-state index >= 15 is 0 Å². The van der Waals surface area contributed by atoms with Crippen molar-refractivity contribution in [2.24, 2.45) is 5.73 Å². The molecular formula is C16H17BrClNO. The van der Waals surface area contributed by atoms with Gasteiger partial charge in [-0.15, -0.1) is 0 Å². The lowest BCUT2D eigenvalue weighted by molar-refractivity contribution is 0.412. The molecule has 0 spiro atoms. The van der Waals surface area contributed by atoms with E-state index in [2.05, 4.69) is 15.9 Å². The highest BCUT2D eigenvalue weighted by molar-refractivity contribution is 9.10. The number of benzene rings is 2. The molecule has 1 unspecified atom stereocenters. The van der Waals surface area contributed by atoms with Gasteiger partial charge in [0.05, 0.1) is 11.6 Å². The van der Waals surface area contributed by atoms with E-state index in [9.17, 15) is 0 Å². The first-order valence-corrected chi connectivity index (χ1v) is 7.52. The molecule has 0 aliphatic heterocycles. The predicted octanol–water partition coefficient (Wildman–Crippen LogP) is 4.66. The van der Waals surface area contributed by atoms with Crippen molar-refractivity contribution in [3.05, 3.63) is 62.6 Å². The van der Waals surface area contributed by atoms with Gasteiger partial charge in [0.25, 0.3) is 0 Å². The van der Waals surface area contributed by atoms with Crippen LogP contribution in [0.25, 0.3) is 0 Å². The third kappa shape index (κ3) is 3.54. The number of ether oxygens (including phenoxy) is 1. The van der Waals surface area contributed by atoms with E-state index in [1.807, 2.05) is 43.3 Å². The lowest BCUT2D eigenvalue weighted by Crippen LogP contribution is -2.13. The van der Waals surface area contributed by atoms with Crippen LogP contribution in [0.1, 0.15) is 22.7 Å². The zero-order chi connectivity index (χ0) is 14.7. The van der Waals surface area contributed by atoms with Gasteiger partial charge in [-0.05, 0) is 64.2 Å². The van der Waals surface area contributed by atoms with Crippen LogP contribution in [0, 0.1) is 6.92 Å². The van der Waals surface area contributed by atoms with Crippen molar-refractivity contribution in [2.75, 3.05) is 7.11 Å². The maximum absolute atomic E-state index is 6.26. The van der Waals surface area contributed by atoms with E-state index < -0.39 is 0 Å². The third-order valence-corrected chi connectivity index (χ3v) is 4.32. The van der Waals surface area contributed by atoms with Crippen LogP contribution in [0.3, 0.4) is 0 Å². The van der Waals surface area contributed by atoms with E-state index in [-0.39, 0.29) is 6.04 Å². The molecule has 0 aliphatic carbocycles. The van der Waals surface area contributed by atoms with Gasteiger partial charge in [0.2, 0.25) is 0 Å². The molecule has 0 radical (unpaired) electrons. The zero-order valence-electron chi connectivity index (χ0n) is 11.5. The van der Waals surface area contributed by atoms with Crippen LogP contribution >= 0.6 is 27.5 Å². The number of hydrogen-bond donors (Lipinski definition) is 1. The summed E-state index contributed by atoms with van der Waals surface area (Å²) in [6.45, 7) is 1.98. The van der Waals surface area contributed by atoms with Gasteiger partial charge in [-0.2, -0.15) is 0 Å². The normalized spacial score (nSPS) is 12.2. The number of rotatable bonds is 4. The van der Waals surface area contributed by atoms with Crippen LogP contribution in [0.2, 0.25) is 5.02 Å². The second-order valence-corrected chi connectivity index (χ2v) is 6.05. The van der Waals surface area contributed by atoms with Gasteiger partial charge in [0.15, 0.2) is 0 Å². The fraction of sp³-hybridized carbons (Fsp3) is 0.250. The Morgan fingerprint density at radius 3 is 2.60 bits per heavy atom. The summed E-state index contributed by atoms with van der Waals surface area (Å²) in [4.78, 5) is 0. The first-order valence-electron chi connectivity index (χ1n) is 6.35. The second-order valence-electron chi connectivity index (χ2n) is 4.79. The second kappa shape index (κ2) is 6.61. The molecule has 106 valence electrons. The maximum atomic E-state index is 6.26. The standard InChI is InChI=1S/C16H17BrClNO/c1-10-3-5-12(9-14(10)18)15(19)8-11-4-6-16(20-2)13(17)7-11/h3-7,9,15H,8,19H2,1-2H3. The highest BCUT2D eigenvalue weighted by Crippen LogP contribution is 2.28. The monoisotopic (exact) mass is 353 g/mol. The van der Waals surface area contributed by atoms with Gasteiger partial charge in [-0.3, -0.25) is 0 Å². The predicted molar refractivity (Wildman–Crippen MR) is 87.5 cm³/mol. The summed E-state index contributed by atoms with van der Waals surface area (Å²) in [5.41, 5.74) is 9.53. The molecule has 0 aliphatic rings. The van der Waals surface area contributed by atoms with Crippen molar-refractivity contribution in [1.82, 2.24) is 0 Å². The molecule has 2 rings (SSSR count). The Morgan fingerprint density at radius 1 is 1.25 bits per heavy atom. The lowest BCUT2D eigenvalue weighted by Gasteiger charge is -2.14. The van der Waals surface area contributed by atoms with Crippen LogP contribution in [-0.4, -0.2) is 7.11 Å². The first-order chi connectivity index (χ1) is 9.51. The van der Waals surface area contributed by atoms with Crippen LogP contribution in [0.15, 0.2) is 40.9 Å². The Labute approximate surface area is 133 Å². The molecule has 0 heterocycles. The average Bonchev–Trinajstić information content (AvgIpc) is 2.42. The summed E-state index contributed by atoms with van der Waals surface area (Å²) < 4.78 is 6.16. The van der Waals surface area contributed by atoms with Gasteiger partial charge < -0.3 is 10.5 Å². The molecule has 1 atom stereocenters. The average molecular weight is 355 g/mol. The van der Waals surface area contributed by atoms with E-state index in [4.69, 9.17) is 22.1 Å². The number of nitrogens with two attached hydrogens (primary N) is 1. The Kier molecular flexibility index (Phi) is 5.08. The highest BCUT2D eigenvalue weighted by Gasteiger charge is 2.10. The number of methoxy groups -OCH3 is 1. The van der Waals surface area contributed by atoms with Gasteiger partial charge >= 0.3 is 0 Å². The summed E-state index contributed by atoms with van der Waals surface area (Å²) in [6, 6.07) is 11.9. The number of hydrogen-bond acceptors (Lipinski definition) is 2. The summed E-state index contributed by atoms with van der Waals surface area (Å²) >= 11 is 9.63. The van der Waals surface area contributed by atoms with Crippen LogP contribution in [0.5, 0.6) is 5.75 Å². The molecule has 2 aromatic rings. The fourth-order valence-corrected chi connectivity index (χ4v) is 2.83. The SMILES string of the molecule is COc1ccc(CC(N)c2ccc(C)c(Cl)c2)cc1Br. The molecule has 0 bridgehead atoms. The van der Waals surface area contributed by atoms with Crippen molar-refractivity contribution in [3.8, 4) is 5.75 Å². The molecule has 0 aromatic heterocycles. The maximum Gasteiger partial charge on any atom is 0.133 e. The minimum atomic E-state index is -0.0756. The van der Waals surface area contributed by atoms with E-state index in [1.165, 1.54) is 0 Å². The Morgan fingerprint density at radius 2 is 2.00 bits per heavy atom. The summed E-state index contributed by atoms with van der Waals surface area (Å²) in [5, 5.41) is 0.758. The fourth-order valence-electron chi connectivity index (χ4n) is 2.05. The molecule has 0 fully saturated rings. The van der Waals surface area contributed by atoms with Gasteiger partial charge in [-0.1, -0.05) is 29.8 Å². The molecule has 20 heavy (non-hydrogen) atoms. The van der Waals surface area contributed by atoms with Gasteiger partial charge in [0.1, 0.15) is 5.75 Å². The summed E-state index contributed by atoms with van der Waals surface area (Å²) in [5.74, 6) is 0.820. The lowest BCUT2D eigenvalue weighted by atomic mass is 9.99. The van der Waals surface area contributed by atoms with Gasteiger partial charge in [0, 0.05) is 11.1 Å². The molecule has 0 saturated heterocycles. The smallest absolute Gasteiger partial charge is 0.133 e. The van der Waals surface area contributed by atoms with Crippen molar-refractivity contribution in [1.29, 1.82) is 0 Å². The number of halogens is 2. The van der Waals surface area contributed by atoms with Crippen LogP contribution in [-0.2, 0) is 6.42 Å². The van der Waals surface area contributed by atoms with Crippen molar-refractivity contribution in [3.63, 3.8) is 0 Å². The molecule has 2 aromatic carbocycles. The summed E-state index contributed by atoms with van der Waals surface area (Å²) in [7, 11) is 1.65. The van der Waals surface area contributed by atoms with E-state index in [0.29, 0.717) is 0 Å². The Hall–Kier alpha value is -1.03. The topological polar surface area (TPSA) is 35.2 Å². The molecule has 2 nitrogen and oxygen atoms in total. The Bertz CT molecular complexity index is 615. The van der Waals surface area contributed by atoms with Crippen molar-refractivity contribution in [2.45, 2.75) is 19.4 Å². The van der Waals surface area contributed by atoms with Gasteiger partial charge in [-0.25, -0.2) is 0 Å². The van der Waals surface area contributed by atoms with Crippen LogP contribution in [0.4, 0.5) is 0 Å². The molecule has 0 amide bonds. The third-order valence-electron chi connectivity index (χ3n) is 3.30. The van der Waals surface area contributed by atoms with Crippen LogP contribution < -0.4 is 10.5 Å². The minimum Gasteiger partial charge on any atom is -0.496 e. The molecular weight excluding hydrogens is 338 g/mol. The largest absolute Gasteiger partial charge is 0.496 e. The molecule has 4 heteroatoms. The number of aryl methyl sites for hydroxylation is 1. The van der Waals surface area contributed by atoms with E-state index in [0.717, 1.165) is 38.4 Å². The molecule has 2 N–H and O–H groups in total. The summed E-state index contributed by atoms with van der Waals surface area (Å²) in [6.07, 6.45) is 0.752.